The first kappa shape index (κ1) is 91.5. The second-order valence-corrected chi connectivity index (χ2v) is 33.6. The molecular formula is C68H107N13O28. The number of carbonyl (C=O) groups is 10. The third kappa shape index (κ3) is 25.1. The van der Waals surface area contributed by atoms with E-state index in [-0.39, 0.29) is 110 Å². The zero-order valence-electron chi connectivity index (χ0n) is 65.1. The second kappa shape index (κ2) is 36.5. The van der Waals surface area contributed by atoms with Crippen LogP contribution in [0.1, 0.15) is 195 Å². The largest absolute Gasteiger partial charge is 0.460 e. The minimum Gasteiger partial charge on any atom is -0.460 e. The van der Waals surface area contributed by atoms with Crippen molar-refractivity contribution >= 4 is 59.4 Å². The van der Waals surface area contributed by atoms with E-state index in [1.807, 2.05) is 55.4 Å². The van der Waals surface area contributed by atoms with Crippen molar-refractivity contribution < 1.29 is 96.2 Å². The number of rotatable bonds is 32. The molecule has 41 heteroatoms. The van der Waals surface area contributed by atoms with Crippen molar-refractivity contribution in [1.82, 2.24) is 40.3 Å². The van der Waals surface area contributed by atoms with E-state index in [9.17, 15) is 98.5 Å². The van der Waals surface area contributed by atoms with Gasteiger partial charge in [-0.3, -0.25) is 74.5 Å². The summed E-state index contributed by atoms with van der Waals surface area (Å²) in [5.41, 5.74) is -9.14. The predicted octanol–water partition coefficient (Wildman–Crippen LogP) is 2.12. The highest BCUT2D eigenvalue weighted by atomic mass is 16.7. The molecule has 4 aliphatic carbocycles. The Morgan fingerprint density at radius 2 is 0.523 bits per heavy atom. The van der Waals surface area contributed by atoms with Crippen molar-refractivity contribution in [2.24, 2.45) is 43.3 Å². The summed E-state index contributed by atoms with van der Waals surface area (Å²) in [7, 11) is 0. The molecule has 0 saturated heterocycles. The highest BCUT2D eigenvalue weighted by molar-refractivity contribution is 6.03. The molecule has 1 aromatic heterocycles. The van der Waals surface area contributed by atoms with Crippen molar-refractivity contribution in [1.29, 1.82) is 0 Å². The minimum absolute atomic E-state index is 0.0505. The molecule has 41 nitrogen and oxygen atoms in total. The fraction of sp³-hybridized carbons (Fsp3) is 0.809. The van der Waals surface area contributed by atoms with Gasteiger partial charge in [-0.25, -0.2) is 52.1 Å². The van der Waals surface area contributed by atoms with E-state index in [1.165, 1.54) is 34.6 Å². The van der Waals surface area contributed by atoms with E-state index in [4.69, 9.17) is 14.2 Å². The van der Waals surface area contributed by atoms with Crippen LogP contribution in [0.15, 0.2) is 14.4 Å². The molecule has 0 bridgehead atoms. The van der Waals surface area contributed by atoms with Gasteiger partial charge < -0.3 is 50.3 Å². The van der Waals surface area contributed by atoms with Crippen LogP contribution >= 0.6 is 0 Å². The Hall–Kier alpha value is -9.89. The lowest BCUT2D eigenvalue weighted by atomic mass is 9.62. The molecule has 4 aliphatic rings. The lowest BCUT2D eigenvalue weighted by Crippen LogP contribution is -2.60. The molecule has 1 aromatic rings. The Balaban J connectivity index is 0.000000615. The Bertz CT molecular complexity index is 3540. The summed E-state index contributed by atoms with van der Waals surface area (Å²) in [4.78, 5) is 224. The number of nitrogens with zero attached hydrogens (tertiary/aromatic N) is 8. The molecule has 5 rings (SSSR count). The van der Waals surface area contributed by atoms with Crippen molar-refractivity contribution in [3.63, 3.8) is 0 Å². The predicted molar refractivity (Wildman–Crippen MR) is 380 cm³/mol. The number of hydrogen-bond donors (Lipinski definition) is 5. The molecule has 5 amide bonds. The molecule has 0 aromatic carbocycles. The number of nitrogens with one attached hydrogen (secondary N) is 5. The molecule has 0 aliphatic heterocycles. The standard InChI is InChI=1S/C48H75N9O18.C20H32N4O10/c1-13-73-37(61)31(55(67)68)34(58)49-28-16-43(4,5)22-46(10,19-28)25-52-40(64)53(26-47(11)20-29(17-44(6,7)23-47)50-35(59)32(56(69)70)38(62)74-14-2)42(66)54(41(52)65)27-48(12)21-30(18-45(8,9)24-48)51-36(60)33(57(71)72)39(63)75-15-3;1-6-33-17(27)13(23(29)30)15(25)21-11-20(5)9-12(8-19(3,4)10-20)22-16(26)14(24(31)32)18(28)34-7-2/h28-33H,13-27H2,1-12H3,(H,49,58)(H,50,59)(H,51,60);12-14H,6-11H2,1-5H3,(H,21,25)(H,22,26). The third-order valence-corrected chi connectivity index (χ3v) is 19.7. The maximum atomic E-state index is 15.1. The summed E-state index contributed by atoms with van der Waals surface area (Å²) in [6.45, 7) is 27.3. The van der Waals surface area contributed by atoms with Crippen LogP contribution in [0.4, 0.5) is 0 Å². The lowest BCUT2D eigenvalue weighted by Gasteiger charge is -2.48. The third-order valence-electron chi connectivity index (χ3n) is 19.7. The number of carbonyl (C=O) groups excluding carboxylic acids is 10. The first-order valence-electron chi connectivity index (χ1n) is 36.0. The Morgan fingerprint density at radius 1 is 0.339 bits per heavy atom. The topological polar surface area (TPSA) is 559 Å². The van der Waals surface area contributed by atoms with E-state index < -0.39 is 193 Å². The molecule has 1 heterocycles. The SMILES string of the molecule is CCOC(=O)C(C(=O)NC1CC(C)(C)CC(C)(Cn2c(=O)n(CC3(C)CC(NC(=O)C(C(=O)OCC)[N+](=O)[O-])CC(C)(C)C3)c(=O)n(CC3(C)CC(NC(=O)C(C(=O)OCC)[N+](=O)[O-])CC(C)(C)C3)c2=O)C1)[N+](=O)[O-].CCOC(=O)C(C(=O)NCC1(C)CC(NC(=O)C(C(=O)OCC)[N+](=O)[O-])CC(C)(C)C1)[N+](=O)[O-]. The van der Waals surface area contributed by atoms with Crippen molar-refractivity contribution in [2.45, 2.75) is 269 Å². The average molecular weight is 1550 g/mol. The van der Waals surface area contributed by atoms with Crippen LogP contribution in [0.2, 0.25) is 0 Å². The number of nitro groups is 5. The van der Waals surface area contributed by atoms with Gasteiger partial charge in [0.15, 0.2) is 0 Å². The van der Waals surface area contributed by atoms with Crippen LogP contribution in [0.25, 0.3) is 0 Å². The monoisotopic (exact) mass is 1550 g/mol. The smallest absolute Gasteiger partial charge is 0.392 e. The molecule has 109 heavy (non-hydrogen) atoms. The maximum absolute atomic E-state index is 15.1. The molecule has 5 N–H and O–H groups in total. The Labute approximate surface area is 627 Å². The van der Waals surface area contributed by atoms with Crippen LogP contribution in [0, 0.1) is 93.9 Å². The van der Waals surface area contributed by atoms with Gasteiger partial charge in [0, 0.05) is 75.0 Å². The van der Waals surface area contributed by atoms with Gasteiger partial charge in [0.25, 0.3) is 0 Å². The zero-order valence-corrected chi connectivity index (χ0v) is 65.1. The van der Waals surface area contributed by atoms with Crippen LogP contribution < -0.4 is 43.7 Å². The quantitative estimate of drug-likeness (QED) is 0.0227. The average Bonchev–Trinajstić information content (AvgIpc) is 0.745. The van der Waals surface area contributed by atoms with E-state index in [2.05, 4.69) is 36.1 Å². The second-order valence-electron chi connectivity index (χ2n) is 33.6. The van der Waals surface area contributed by atoms with E-state index in [0.717, 1.165) is 13.7 Å². The molecule has 612 valence electrons. The normalized spacial score (nSPS) is 25.7. The van der Waals surface area contributed by atoms with Gasteiger partial charge in [-0.1, -0.05) is 83.1 Å². The molecule has 4 saturated carbocycles. The number of aromatic nitrogens is 3. The van der Waals surface area contributed by atoms with Gasteiger partial charge in [-0.2, -0.15) is 0 Å². The van der Waals surface area contributed by atoms with Crippen molar-refractivity contribution in [3.05, 3.63) is 82.0 Å². The molecule has 13 atom stereocenters. The number of esters is 5. The van der Waals surface area contributed by atoms with E-state index in [1.54, 1.807) is 27.7 Å². The highest BCUT2D eigenvalue weighted by Crippen LogP contribution is 2.50. The first-order valence-corrected chi connectivity index (χ1v) is 36.0. The van der Waals surface area contributed by atoms with Gasteiger partial charge in [-0.15, -0.1) is 0 Å². The molecule has 13 unspecified atom stereocenters. The minimum atomic E-state index is -2.36. The fourth-order valence-electron chi connectivity index (χ4n) is 17.7. The van der Waals surface area contributed by atoms with Crippen molar-refractivity contribution in [3.8, 4) is 0 Å². The van der Waals surface area contributed by atoms with Crippen LogP contribution in [-0.4, -0.2) is 192 Å². The molecule has 0 spiro atoms. The van der Waals surface area contributed by atoms with Crippen molar-refractivity contribution in [2.75, 3.05) is 39.6 Å². The number of ether oxygens (including phenoxy) is 5. The molecular weight excluding hydrogens is 1450 g/mol. The summed E-state index contributed by atoms with van der Waals surface area (Å²) in [5, 5.41) is 71.0. The fourth-order valence-corrected chi connectivity index (χ4v) is 17.7. The summed E-state index contributed by atoms with van der Waals surface area (Å²) >= 11 is 0. The lowest BCUT2D eigenvalue weighted by molar-refractivity contribution is -0.496. The molecule has 4 fully saturated rings. The van der Waals surface area contributed by atoms with Crippen LogP contribution in [0.3, 0.4) is 0 Å². The summed E-state index contributed by atoms with van der Waals surface area (Å²) in [6, 6.07) is -14.5. The number of hydrogen-bond acceptors (Lipinski definition) is 28. The molecule has 0 radical (unpaired) electrons. The van der Waals surface area contributed by atoms with Crippen LogP contribution in [0.5, 0.6) is 0 Å². The maximum Gasteiger partial charge on any atom is 0.392 e. The van der Waals surface area contributed by atoms with Gasteiger partial charge >= 0.3 is 107 Å². The number of amides is 5. The Kier molecular flexibility index (Phi) is 30.7. The Morgan fingerprint density at radius 3 is 0.716 bits per heavy atom. The van der Waals surface area contributed by atoms with Crippen LogP contribution in [-0.2, 0) is 91.3 Å². The van der Waals surface area contributed by atoms with E-state index in [0.29, 0.717) is 32.1 Å². The summed E-state index contributed by atoms with van der Waals surface area (Å²) in [5.74, 6) is -12.4. The highest BCUT2D eigenvalue weighted by Gasteiger charge is 2.52. The first-order chi connectivity index (χ1) is 50.1. The summed E-state index contributed by atoms with van der Waals surface area (Å²) < 4.78 is 26.4. The zero-order chi connectivity index (χ0) is 83.2. The van der Waals surface area contributed by atoms with Gasteiger partial charge in [0.1, 0.15) is 0 Å². The van der Waals surface area contributed by atoms with Gasteiger partial charge in [-0.05, 0) is 155 Å². The van der Waals surface area contributed by atoms with Gasteiger partial charge in [0.2, 0.25) is 0 Å². The van der Waals surface area contributed by atoms with E-state index >= 15 is 14.4 Å². The van der Waals surface area contributed by atoms with Gasteiger partial charge in [0.05, 0.1) is 33.0 Å². The summed E-state index contributed by atoms with van der Waals surface area (Å²) in [6.07, 6.45) is 3.25.